The van der Waals surface area contributed by atoms with Gasteiger partial charge >= 0.3 is 0 Å². The second kappa shape index (κ2) is 6.83. The predicted molar refractivity (Wildman–Crippen MR) is 101 cm³/mol. The number of nitrogens with zero attached hydrogens (tertiary/aromatic N) is 1. The topological polar surface area (TPSA) is 48.4 Å². The van der Waals surface area contributed by atoms with E-state index in [1.165, 1.54) is 12.1 Å². The Morgan fingerprint density at radius 1 is 1.07 bits per heavy atom. The molecule has 0 spiro atoms. The molecule has 0 saturated carbocycles. The quantitative estimate of drug-likeness (QED) is 0.596. The summed E-state index contributed by atoms with van der Waals surface area (Å²) in [6.45, 7) is 4.14. The van der Waals surface area contributed by atoms with Gasteiger partial charge in [-0.15, -0.1) is 0 Å². The summed E-state index contributed by atoms with van der Waals surface area (Å²) in [7, 11) is 0. The van der Waals surface area contributed by atoms with E-state index in [1.807, 2.05) is 38.1 Å². The van der Waals surface area contributed by atoms with Gasteiger partial charge in [-0.3, -0.25) is 9.78 Å². The third-order valence-electron chi connectivity index (χ3n) is 4.58. The zero-order valence-corrected chi connectivity index (χ0v) is 15.0. The summed E-state index contributed by atoms with van der Waals surface area (Å²) in [4.78, 5) is 16.6. The average Bonchev–Trinajstić information content (AvgIpc) is 3.16. The number of rotatable bonds is 4. The lowest BCUT2D eigenvalue weighted by atomic mass is 9.93. The smallest absolute Gasteiger partial charge is 0.231 e. The first-order chi connectivity index (χ1) is 13.1. The molecule has 0 atom stereocenters. The van der Waals surface area contributed by atoms with Gasteiger partial charge in [0.15, 0.2) is 17.8 Å². The normalized spacial score (nSPS) is 12.4. The van der Waals surface area contributed by atoms with Gasteiger partial charge in [-0.2, -0.15) is 0 Å². The Hall–Kier alpha value is -3.21. The highest BCUT2D eigenvalue weighted by atomic mass is 19.1. The van der Waals surface area contributed by atoms with E-state index in [0.29, 0.717) is 28.5 Å². The van der Waals surface area contributed by atoms with Crippen molar-refractivity contribution in [1.82, 2.24) is 4.98 Å². The highest BCUT2D eigenvalue weighted by molar-refractivity contribution is 5.91. The van der Waals surface area contributed by atoms with Crippen molar-refractivity contribution >= 4 is 6.29 Å². The number of benzene rings is 2. The zero-order valence-electron chi connectivity index (χ0n) is 15.0. The van der Waals surface area contributed by atoms with E-state index in [9.17, 15) is 9.18 Å². The minimum absolute atomic E-state index is 0.0401. The van der Waals surface area contributed by atoms with Crippen molar-refractivity contribution < 1.29 is 18.7 Å². The molecular formula is C22H18FNO3. The summed E-state index contributed by atoms with van der Waals surface area (Å²) >= 11 is 0. The molecule has 136 valence electrons. The van der Waals surface area contributed by atoms with Crippen LogP contribution in [0.4, 0.5) is 4.39 Å². The molecule has 0 fully saturated rings. The number of fused-ring (bicyclic) bond motifs is 1. The number of hydrogen-bond donors (Lipinski definition) is 0. The number of carbonyl (C=O) groups is 1. The van der Waals surface area contributed by atoms with E-state index in [0.717, 1.165) is 23.0 Å². The molecule has 4 nitrogen and oxygen atoms in total. The van der Waals surface area contributed by atoms with E-state index in [4.69, 9.17) is 14.5 Å². The molecule has 0 unspecified atom stereocenters. The standard InChI is InChI=1S/C22H18FNO3/c1-13(2)21-18(11-25)17(14-6-8-15(23)9-7-14)10-19(24-21)16-4-3-5-20-22(16)27-12-26-20/h3-11,13H,12H2,1-2H3. The average molecular weight is 363 g/mol. The lowest BCUT2D eigenvalue weighted by molar-refractivity contribution is 0.112. The Bertz CT molecular complexity index is 1010. The van der Waals surface area contributed by atoms with E-state index in [2.05, 4.69) is 0 Å². The summed E-state index contributed by atoms with van der Waals surface area (Å²) in [5.41, 5.74) is 4.17. The van der Waals surface area contributed by atoms with Crippen LogP contribution in [-0.4, -0.2) is 18.1 Å². The first kappa shape index (κ1) is 17.2. The van der Waals surface area contributed by atoms with Gasteiger partial charge in [0.1, 0.15) is 5.82 Å². The maximum atomic E-state index is 13.4. The van der Waals surface area contributed by atoms with Crippen LogP contribution in [-0.2, 0) is 0 Å². The highest BCUT2D eigenvalue weighted by Crippen LogP contribution is 2.42. The van der Waals surface area contributed by atoms with E-state index in [-0.39, 0.29) is 18.5 Å². The van der Waals surface area contributed by atoms with E-state index in [1.54, 1.807) is 12.1 Å². The van der Waals surface area contributed by atoms with E-state index >= 15 is 0 Å². The summed E-state index contributed by atoms with van der Waals surface area (Å²) < 4.78 is 24.5. The Balaban J connectivity index is 1.98. The molecule has 0 radical (unpaired) electrons. The second-order valence-corrected chi connectivity index (χ2v) is 6.67. The molecule has 0 N–H and O–H groups in total. The van der Waals surface area contributed by atoms with Crippen LogP contribution in [0.2, 0.25) is 0 Å². The molecule has 0 amide bonds. The van der Waals surface area contributed by atoms with Crippen LogP contribution in [0.1, 0.15) is 35.8 Å². The van der Waals surface area contributed by atoms with Gasteiger partial charge in [0.05, 0.1) is 11.4 Å². The largest absolute Gasteiger partial charge is 0.454 e. The minimum Gasteiger partial charge on any atom is -0.454 e. The van der Waals surface area contributed by atoms with Gasteiger partial charge in [-0.25, -0.2) is 4.39 Å². The number of ether oxygens (including phenoxy) is 2. The molecular weight excluding hydrogens is 345 g/mol. The van der Waals surface area contributed by atoms with Crippen molar-refractivity contribution in [2.24, 2.45) is 0 Å². The fourth-order valence-corrected chi connectivity index (χ4v) is 3.28. The Morgan fingerprint density at radius 2 is 1.85 bits per heavy atom. The van der Waals surface area contributed by atoms with Crippen LogP contribution in [0.3, 0.4) is 0 Å². The Labute approximate surface area is 156 Å². The van der Waals surface area contributed by atoms with E-state index < -0.39 is 0 Å². The third kappa shape index (κ3) is 3.05. The SMILES string of the molecule is CC(C)c1nc(-c2cccc3c2OCO3)cc(-c2ccc(F)cc2)c1C=O. The number of para-hydroxylation sites is 1. The molecule has 0 saturated heterocycles. The van der Waals surface area contributed by atoms with Gasteiger partial charge in [0, 0.05) is 11.1 Å². The number of aldehydes is 1. The fraction of sp³-hybridized carbons (Fsp3) is 0.182. The number of pyridine rings is 1. The molecule has 27 heavy (non-hydrogen) atoms. The van der Waals surface area contributed by atoms with Crippen LogP contribution >= 0.6 is 0 Å². The maximum Gasteiger partial charge on any atom is 0.231 e. The summed E-state index contributed by atoms with van der Waals surface area (Å²) in [5, 5.41) is 0. The monoisotopic (exact) mass is 363 g/mol. The molecule has 2 heterocycles. The summed E-state index contributed by atoms with van der Waals surface area (Å²) in [6, 6.07) is 13.6. The van der Waals surface area contributed by atoms with Crippen molar-refractivity contribution in [3.63, 3.8) is 0 Å². The molecule has 1 aliphatic rings. The maximum absolute atomic E-state index is 13.4. The van der Waals surface area contributed by atoms with Gasteiger partial charge < -0.3 is 9.47 Å². The summed E-state index contributed by atoms with van der Waals surface area (Å²) in [6.07, 6.45) is 0.819. The van der Waals surface area contributed by atoms with Crippen LogP contribution in [0.25, 0.3) is 22.4 Å². The van der Waals surface area contributed by atoms with Crippen LogP contribution in [0.5, 0.6) is 11.5 Å². The fourth-order valence-electron chi connectivity index (χ4n) is 3.28. The minimum atomic E-state index is -0.323. The molecule has 0 bridgehead atoms. The third-order valence-corrected chi connectivity index (χ3v) is 4.58. The molecule has 1 aliphatic heterocycles. The first-order valence-electron chi connectivity index (χ1n) is 8.73. The van der Waals surface area contributed by atoms with Gasteiger partial charge in [0.2, 0.25) is 6.79 Å². The lowest BCUT2D eigenvalue weighted by Gasteiger charge is -2.16. The van der Waals surface area contributed by atoms with Crippen molar-refractivity contribution in [2.75, 3.05) is 6.79 Å². The van der Waals surface area contributed by atoms with Crippen LogP contribution in [0.15, 0.2) is 48.5 Å². The molecule has 0 aliphatic carbocycles. The predicted octanol–water partition coefficient (Wildman–Crippen LogP) is 5.22. The summed E-state index contributed by atoms with van der Waals surface area (Å²) in [5.74, 6) is 1.03. The second-order valence-electron chi connectivity index (χ2n) is 6.67. The zero-order chi connectivity index (χ0) is 19.0. The Morgan fingerprint density at radius 3 is 2.56 bits per heavy atom. The molecule has 1 aromatic heterocycles. The molecule has 4 rings (SSSR count). The molecule has 2 aromatic carbocycles. The van der Waals surface area contributed by atoms with Crippen molar-refractivity contribution in [3.05, 3.63) is 65.6 Å². The first-order valence-corrected chi connectivity index (χ1v) is 8.73. The van der Waals surface area contributed by atoms with Crippen molar-refractivity contribution in [2.45, 2.75) is 19.8 Å². The highest BCUT2D eigenvalue weighted by Gasteiger charge is 2.22. The number of aromatic nitrogens is 1. The van der Waals surface area contributed by atoms with Crippen LogP contribution in [0, 0.1) is 5.82 Å². The van der Waals surface area contributed by atoms with Gasteiger partial charge in [-0.1, -0.05) is 32.0 Å². The van der Waals surface area contributed by atoms with Gasteiger partial charge in [0.25, 0.3) is 0 Å². The van der Waals surface area contributed by atoms with Gasteiger partial charge in [-0.05, 0) is 47.4 Å². The number of hydrogen-bond acceptors (Lipinski definition) is 4. The molecule has 5 heteroatoms. The molecule has 3 aromatic rings. The Kier molecular flexibility index (Phi) is 4.36. The van der Waals surface area contributed by atoms with Crippen LogP contribution < -0.4 is 9.47 Å². The lowest BCUT2D eigenvalue weighted by Crippen LogP contribution is -2.04. The van der Waals surface area contributed by atoms with Crippen molar-refractivity contribution in [3.8, 4) is 33.9 Å². The number of halogens is 1. The number of carbonyl (C=O) groups excluding carboxylic acids is 1. The van der Waals surface area contributed by atoms with Crippen molar-refractivity contribution in [1.29, 1.82) is 0 Å².